The number of ether oxygens (including phenoxy) is 1. The molecule has 26 heavy (non-hydrogen) atoms. The van der Waals surface area contributed by atoms with Crippen molar-refractivity contribution in [3.05, 3.63) is 24.5 Å². The van der Waals surface area contributed by atoms with Crippen LogP contribution in [0.25, 0.3) is 0 Å². The average Bonchev–Trinajstić information content (AvgIpc) is 2.69. The van der Waals surface area contributed by atoms with Crippen molar-refractivity contribution in [3.63, 3.8) is 0 Å². The maximum Gasteiger partial charge on any atom is 0.226 e. The lowest BCUT2D eigenvalue weighted by atomic mass is 9.93. The molecule has 0 bridgehead atoms. The van der Waals surface area contributed by atoms with Crippen LogP contribution in [0.15, 0.2) is 24.5 Å². The van der Waals surface area contributed by atoms with E-state index in [4.69, 9.17) is 4.74 Å². The molecule has 0 aliphatic carbocycles. The molecule has 2 aliphatic heterocycles. The summed E-state index contributed by atoms with van der Waals surface area (Å²) in [5.41, 5.74) is 0. The molecule has 2 fully saturated rings. The van der Waals surface area contributed by atoms with Crippen LogP contribution >= 0.6 is 0 Å². The summed E-state index contributed by atoms with van der Waals surface area (Å²) >= 11 is 0. The molecule has 0 spiro atoms. The van der Waals surface area contributed by atoms with Gasteiger partial charge in [0.15, 0.2) is 0 Å². The summed E-state index contributed by atoms with van der Waals surface area (Å²) in [6, 6.07) is 3.79. The fraction of sp³-hybridized carbons (Fsp3) is 0.714. The van der Waals surface area contributed by atoms with Crippen molar-refractivity contribution in [2.75, 3.05) is 39.3 Å². The van der Waals surface area contributed by atoms with Gasteiger partial charge in [0.2, 0.25) is 5.91 Å². The van der Waals surface area contributed by atoms with Gasteiger partial charge >= 0.3 is 0 Å². The molecule has 1 atom stereocenters. The van der Waals surface area contributed by atoms with Crippen LogP contribution in [-0.2, 0) is 4.79 Å². The third kappa shape index (κ3) is 5.70. The molecule has 1 aromatic heterocycles. The summed E-state index contributed by atoms with van der Waals surface area (Å²) in [7, 11) is 0. The number of hydrogen-bond acceptors (Lipinski definition) is 4. The van der Waals surface area contributed by atoms with Crippen molar-refractivity contribution in [2.24, 2.45) is 11.8 Å². The smallest absolute Gasteiger partial charge is 0.226 e. The van der Waals surface area contributed by atoms with Crippen molar-refractivity contribution < 1.29 is 9.53 Å². The minimum atomic E-state index is 0.125. The fourth-order valence-corrected chi connectivity index (χ4v) is 4.14. The van der Waals surface area contributed by atoms with Gasteiger partial charge in [-0.1, -0.05) is 13.3 Å². The minimum absolute atomic E-state index is 0.125. The van der Waals surface area contributed by atoms with E-state index >= 15 is 0 Å². The van der Waals surface area contributed by atoms with Gasteiger partial charge < -0.3 is 14.5 Å². The van der Waals surface area contributed by atoms with Gasteiger partial charge in [-0.25, -0.2) is 0 Å². The zero-order chi connectivity index (χ0) is 18.2. The third-order valence-corrected chi connectivity index (χ3v) is 5.77. The van der Waals surface area contributed by atoms with E-state index in [1.54, 1.807) is 12.4 Å². The van der Waals surface area contributed by atoms with E-state index in [1.165, 1.54) is 19.3 Å². The van der Waals surface area contributed by atoms with Crippen molar-refractivity contribution in [2.45, 2.75) is 45.4 Å². The molecule has 0 aromatic carbocycles. The van der Waals surface area contributed by atoms with Crippen molar-refractivity contribution in [1.82, 2.24) is 14.8 Å². The predicted octanol–water partition coefficient (Wildman–Crippen LogP) is 3.21. The first kappa shape index (κ1) is 19.2. The number of hydrogen-bond donors (Lipinski definition) is 0. The maximum atomic E-state index is 12.7. The Morgan fingerprint density at radius 1 is 1.15 bits per heavy atom. The number of carbonyl (C=O) groups excluding carboxylic acids is 1. The molecule has 5 heteroatoms. The van der Waals surface area contributed by atoms with Gasteiger partial charge in [-0.3, -0.25) is 9.78 Å². The molecule has 3 rings (SSSR count). The second kappa shape index (κ2) is 9.91. The molecular weight excluding hydrogens is 326 g/mol. The van der Waals surface area contributed by atoms with Crippen molar-refractivity contribution in [3.8, 4) is 5.75 Å². The molecule has 5 nitrogen and oxygen atoms in total. The summed E-state index contributed by atoms with van der Waals surface area (Å²) in [4.78, 5) is 21.3. The average molecular weight is 360 g/mol. The lowest BCUT2D eigenvalue weighted by Gasteiger charge is -2.35. The highest BCUT2D eigenvalue weighted by Gasteiger charge is 2.27. The molecule has 0 N–H and O–H groups in total. The predicted molar refractivity (Wildman–Crippen MR) is 103 cm³/mol. The second-order valence-corrected chi connectivity index (χ2v) is 7.85. The van der Waals surface area contributed by atoms with E-state index in [-0.39, 0.29) is 5.92 Å². The Hall–Kier alpha value is -1.62. The number of aromatic nitrogens is 1. The van der Waals surface area contributed by atoms with Crippen LogP contribution in [0.1, 0.15) is 45.4 Å². The van der Waals surface area contributed by atoms with Gasteiger partial charge in [-0.15, -0.1) is 0 Å². The van der Waals surface area contributed by atoms with Gasteiger partial charge in [0.25, 0.3) is 0 Å². The van der Waals surface area contributed by atoms with Crippen molar-refractivity contribution in [1.29, 1.82) is 0 Å². The molecule has 3 heterocycles. The Morgan fingerprint density at radius 2 is 1.85 bits per heavy atom. The highest BCUT2D eigenvalue weighted by molar-refractivity contribution is 5.78. The van der Waals surface area contributed by atoms with Gasteiger partial charge in [0.1, 0.15) is 5.75 Å². The number of piperidine rings is 2. The van der Waals surface area contributed by atoms with Crippen LogP contribution in [0.3, 0.4) is 0 Å². The lowest BCUT2D eigenvalue weighted by Crippen LogP contribution is -2.45. The van der Waals surface area contributed by atoms with Gasteiger partial charge in [-0.2, -0.15) is 0 Å². The molecule has 1 amide bonds. The van der Waals surface area contributed by atoms with E-state index in [2.05, 4.69) is 21.7 Å². The summed E-state index contributed by atoms with van der Waals surface area (Å²) in [5, 5.41) is 0. The zero-order valence-corrected chi connectivity index (χ0v) is 16.1. The zero-order valence-electron chi connectivity index (χ0n) is 16.1. The Morgan fingerprint density at radius 3 is 2.54 bits per heavy atom. The third-order valence-electron chi connectivity index (χ3n) is 5.77. The molecule has 1 aromatic rings. The first-order chi connectivity index (χ1) is 12.7. The summed E-state index contributed by atoms with van der Waals surface area (Å²) < 4.78 is 5.78. The summed E-state index contributed by atoms with van der Waals surface area (Å²) in [6.45, 7) is 7.92. The largest absolute Gasteiger partial charge is 0.493 e. The minimum Gasteiger partial charge on any atom is -0.493 e. The molecule has 144 valence electrons. The maximum absolute atomic E-state index is 12.7. The first-order valence-corrected chi connectivity index (χ1v) is 10.3. The fourth-order valence-electron chi connectivity index (χ4n) is 4.14. The Labute approximate surface area is 157 Å². The number of pyridine rings is 1. The number of carbonyl (C=O) groups is 1. The Bertz CT molecular complexity index is 537. The topological polar surface area (TPSA) is 45.7 Å². The highest BCUT2D eigenvalue weighted by Crippen LogP contribution is 2.23. The quantitative estimate of drug-likeness (QED) is 0.750. The standard InChI is InChI=1S/C21H33N3O2/c1-18(17-23-12-3-2-4-13-23)21(25)24-14-7-19(8-15-24)9-16-26-20-5-10-22-11-6-20/h5-6,10-11,18-19H,2-4,7-9,12-17H2,1H3/t18-/m1/s1. The lowest BCUT2D eigenvalue weighted by molar-refractivity contribution is -0.137. The Kier molecular flexibility index (Phi) is 7.30. The van der Waals surface area contributed by atoms with Crippen LogP contribution in [-0.4, -0.2) is 60.0 Å². The van der Waals surface area contributed by atoms with E-state index in [9.17, 15) is 4.79 Å². The molecule has 2 aliphatic rings. The van der Waals surface area contributed by atoms with Gasteiger partial charge in [-0.05, 0) is 63.2 Å². The van der Waals surface area contributed by atoms with E-state index in [0.29, 0.717) is 11.8 Å². The molecular formula is C21H33N3O2. The monoisotopic (exact) mass is 359 g/mol. The van der Waals surface area contributed by atoms with Crippen LogP contribution in [0, 0.1) is 11.8 Å². The second-order valence-electron chi connectivity index (χ2n) is 7.85. The number of amides is 1. The van der Waals surface area contributed by atoms with Gasteiger partial charge in [0.05, 0.1) is 6.61 Å². The van der Waals surface area contributed by atoms with E-state index < -0.39 is 0 Å². The van der Waals surface area contributed by atoms with Crippen molar-refractivity contribution >= 4 is 5.91 Å². The normalized spacial score (nSPS) is 20.7. The van der Waals surface area contributed by atoms with Gasteiger partial charge in [0, 0.05) is 37.9 Å². The summed E-state index contributed by atoms with van der Waals surface area (Å²) in [5.74, 6) is 2.03. The number of likely N-dealkylation sites (tertiary alicyclic amines) is 2. The van der Waals surface area contributed by atoms with E-state index in [1.807, 2.05) is 12.1 Å². The van der Waals surface area contributed by atoms with Crippen LogP contribution in [0.4, 0.5) is 0 Å². The molecule has 0 radical (unpaired) electrons. The van der Waals surface area contributed by atoms with E-state index in [0.717, 1.165) is 64.3 Å². The first-order valence-electron chi connectivity index (χ1n) is 10.3. The van der Waals surface area contributed by atoms with Crippen LogP contribution in [0.5, 0.6) is 5.75 Å². The molecule has 0 saturated carbocycles. The number of rotatable bonds is 7. The van der Waals surface area contributed by atoms with Crippen LogP contribution in [0.2, 0.25) is 0 Å². The highest BCUT2D eigenvalue weighted by atomic mass is 16.5. The number of nitrogens with zero attached hydrogens (tertiary/aromatic N) is 3. The van der Waals surface area contributed by atoms with Crippen LogP contribution < -0.4 is 4.74 Å². The molecule has 0 unspecified atom stereocenters. The molecule has 2 saturated heterocycles. The summed E-state index contributed by atoms with van der Waals surface area (Å²) in [6.07, 6.45) is 10.7. The Balaban J connectivity index is 1.34. The SMILES string of the molecule is C[C@H](CN1CCCCC1)C(=O)N1CCC(CCOc2ccncc2)CC1.